The number of hydrogen-bond acceptors (Lipinski definition) is 5. The Morgan fingerprint density at radius 3 is 2.59 bits per heavy atom. The second-order valence-corrected chi connectivity index (χ2v) is 7.71. The highest BCUT2D eigenvalue weighted by Gasteiger charge is 2.51. The fourth-order valence-corrected chi connectivity index (χ4v) is 3.97. The minimum absolute atomic E-state index is 0.283. The van der Waals surface area contributed by atoms with Crippen LogP contribution in [0.2, 0.25) is 5.02 Å². The molecule has 3 amide bonds. The first-order valence-corrected chi connectivity index (χ1v) is 9.92. The van der Waals surface area contributed by atoms with E-state index in [4.69, 9.17) is 16.3 Å². The summed E-state index contributed by atoms with van der Waals surface area (Å²) in [6.45, 7) is -0.307. The number of nitrogens with zero attached hydrogens (tertiary/aromatic N) is 2. The zero-order valence-corrected chi connectivity index (χ0v) is 16.4. The Kier molecular flexibility index (Phi) is 5.24. The summed E-state index contributed by atoms with van der Waals surface area (Å²) in [6.07, 6.45) is 5.45. The van der Waals surface area contributed by atoms with E-state index in [9.17, 15) is 14.4 Å². The second-order valence-electron chi connectivity index (χ2n) is 7.30. The summed E-state index contributed by atoms with van der Waals surface area (Å²) in [5.41, 5.74) is -0.540. The van der Waals surface area contributed by atoms with E-state index in [0.717, 1.165) is 24.2 Å². The summed E-state index contributed by atoms with van der Waals surface area (Å²) in [4.78, 5) is 42.9. The van der Waals surface area contributed by atoms with Crippen molar-refractivity contribution in [1.82, 2.24) is 15.2 Å². The average Bonchev–Trinajstić information content (AvgIpc) is 2.94. The average molecular weight is 414 g/mol. The van der Waals surface area contributed by atoms with E-state index in [2.05, 4.69) is 10.3 Å². The Balaban J connectivity index is 1.43. The zero-order valence-electron chi connectivity index (χ0n) is 15.7. The summed E-state index contributed by atoms with van der Waals surface area (Å²) in [6, 6.07) is 9.58. The number of hydrogen-bond donors (Lipinski definition) is 1. The van der Waals surface area contributed by atoms with E-state index in [1.807, 2.05) is 0 Å². The molecule has 1 saturated heterocycles. The summed E-state index contributed by atoms with van der Waals surface area (Å²) >= 11 is 6.06. The number of imide groups is 1. The Bertz CT molecular complexity index is 955. The lowest BCUT2D eigenvalue weighted by molar-refractivity contribution is -0.132. The van der Waals surface area contributed by atoms with Crippen molar-refractivity contribution >= 4 is 29.3 Å². The van der Waals surface area contributed by atoms with Crippen molar-refractivity contribution in [3.63, 3.8) is 0 Å². The summed E-state index contributed by atoms with van der Waals surface area (Å²) in [5.74, 6) is 0.0731. The van der Waals surface area contributed by atoms with Crippen molar-refractivity contribution in [3.05, 3.63) is 53.2 Å². The van der Waals surface area contributed by atoms with Crippen LogP contribution in [0.3, 0.4) is 0 Å². The molecule has 1 aliphatic heterocycles. The number of ketones is 1. The van der Waals surface area contributed by atoms with Gasteiger partial charge < -0.3 is 10.1 Å². The number of urea groups is 1. The highest BCUT2D eigenvalue weighted by atomic mass is 35.5. The van der Waals surface area contributed by atoms with Crippen molar-refractivity contribution in [2.45, 2.75) is 37.6 Å². The van der Waals surface area contributed by atoms with Gasteiger partial charge in [-0.2, -0.15) is 0 Å². The van der Waals surface area contributed by atoms with Crippen LogP contribution in [0.25, 0.3) is 0 Å². The number of halogens is 1. The summed E-state index contributed by atoms with van der Waals surface area (Å²) in [5, 5.41) is 3.25. The molecule has 0 atom stereocenters. The zero-order chi connectivity index (χ0) is 20.4. The minimum Gasteiger partial charge on any atom is -0.437 e. The normalized spacial score (nSPS) is 18.0. The van der Waals surface area contributed by atoms with Gasteiger partial charge >= 0.3 is 6.03 Å². The van der Waals surface area contributed by atoms with Crippen LogP contribution in [0.1, 0.15) is 42.5 Å². The molecule has 0 radical (unpaired) electrons. The first-order valence-electron chi connectivity index (χ1n) is 9.54. The lowest BCUT2D eigenvalue weighted by Crippen LogP contribution is -2.48. The largest absolute Gasteiger partial charge is 0.437 e. The predicted molar refractivity (Wildman–Crippen MR) is 106 cm³/mol. The van der Waals surface area contributed by atoms with Gasteiger partial charge in [0.2, 0.25) is 5.88 Å². The Morgan fingerprint density at radius 2 is 1.90 bits per heavy atom. The first kappa shape index (κ1) is 19.4. The number of para-hydroxylation sites is 1. The second kappa shape index (κ2) is 7.83. The van der Waals surface area contributed by atoms with E-state index in [1.54, 1.807) is 36.4 Å². The molecule has 2 fully saturated rings. The van der Waals surface area contributed by atoms with Crippen LogP contribution in [0.5, 0.6) is 11.6 Å². The SMILES string of the molecule is O=C(CN1C(=O)NC2(CCCCC2)C1=O)c1ccc(Oc2ccccc2Cl)nc1. The predicted octanol–water partition coefficient (Wildman–Crippen LogP) is 3.96. The molecule has 1 aliphatic carbocycles. The van der Waals surface area contributed by atoms with Crippen molar-refractivity contribution in [2.75, 3.05) is 6.54 Å². The molecule has 1 aromatic carbocycles. The number of nitrogens with one attached hydrogen (secondary N) is 1. The molecule has 0 unspecified atom stereocenters. The first-order chi connectivity index (χ1) is 14.0. The number of carbonyl (C=O) groups excluding carboxylic acids is 3. The molecular weight excluding hydrogens is 394 g/mol. The molecule has 2 aliphatic rings. The fraction of sp³-hybridized carbons (Fsp3) is 0.333. The topological polar surface area (TPSA) is 88.6 Å². The molecule has 1 aromatic heterocycles. The number of aromatic nitrogens is 1. The van der Waals surface area contributed by atoms with Crippen LogP contribution in [0.4, 0.5) is 4.79 Å². The molecule has 4 rings (SSSR count). The Morgan fingerprint density at radius 1 is 1.14 bits per heavy atom. The van der Waals surface area contributed by atoms with Gasteiger partial charge in [-0.3, -0.25) is 14.5 Å². The Labute approximate surface area is 173 Å². The van der Waals surface area contributed by atoms with Gasteiger partial charge in [0, 0.05) is 17.8 Å². The van der Waals surface area contributed by atoms with Gasteiger partial charge in [-0.25, -0.2) is 9.78 Å². The maximum atomic E-state index is 12.8. The number of carbonyl (C=O) groups is 3. The highest BCUT2D eigenvalue weighted by molar-refractivity contribution is 6.32. The lowest BCUT2D eigenvalue weighted by atomic mass is 9.82. The Hall–Kier alpha value is -2.93. The molecule has 29 heavy (non-hydrogen) atoms. The van der Waals surface area contributed by atoms with Gasteiger partial charge in [0.05, 0.1) is 11.6 Å². The highest BCUT2D eigenvalue weighted by Crippen LogP contribution is 2.33. The third-order valence-electron chi connectivity index (χ3n) is 5.36. The van der Waals surface area contributed by atoms with Crippen LogP contribution < -0.4 is 10.1 Å². The van der Waals surface area contributed by atoms with E-state index in [1.165, 1.54) is 6.20 Å². The molecule has 2 heterocycles. The summed E-state index contributed by atoms with van der Waals surface area (Å²) in [7, 11) is 0. The number of pyridine rings is 1. The molecule has 1 spiro atoms. The van der Waals surface area contributed by atoms with Crippen molar-refractivity contribution in [1.29, 1.82) is 0 Å². The molecule has 150 valence electrons. The quantitative estimate of drug-likeness (QED) is 0.592. The van der Waals surface area contributed by atoms with Gasteiger partial charge in [-0.1, -0.05) is 43.0 Å². The molecule has 1 N–H and O–H groups in total. The van der Waals surface area contributed by atoms with Crippen molar-refractivity contribution in [3.8, 4) is 11.6 Å². The minimum atomic E-state index is -0.833. The van der Waals surface area contributed by atoms with E-state index >= 15 is 0 Å². The van der Waals surface area contributed by atoms with Crippen LogP contribution in [-0.4, -0.2) is 39.7 Å². The third-order valence-corrected chi connectivity index (χ3v) is 5.68. The molecule has 2 aromatic rings. The lowest BCUT2D eigenvalue weighted by Gasteiger charge is -2.30. The van der Waals surface area contributed by atoms with E-state index in [0.29, 0.717) is 29.2 Å². The number of rotatable bonds is 5. The smallest absolute Gasteiger partial charge is 0.325 e. The van der Waals surface area contributed by atoms with Crippen molar-refractivity contribution < 1.29 is 19.1 Å². The van der Waals surface area contributed by atoms with Gasteiger partial charge in [0.1, 0.15) is 11.3 Å². The molecule has 8 heteroatoms. The number of Topliss-reactive ketones (excluding diaryl/α,β-unsaturated/α-hetero) is 1. The van der Waals surface area contributed by atoms with Crippen LogP contribution >= 0.6 is 11.6 Å². The number of ether oxygens (including phenoxy) is 1. The molecule has 7 nitrogen and oxygen atoms in total. The van der Waals surface area contributed by atoms with Crippen LogP contribution in [0, 0.1) is 0 Å². The van der Waals surface area contributed by atoms with Gasteiger partial charge in [0.15, 0.2) is 5.78 Å². The summed E-state index contributed by atoms with van der Waals surface area (Å²) < 4.78 is 5.60. The maximum absolute atomic E-state index is 12.8. The van der Waals surface area contributed by atoms with E-state index < -0.39 is 11.6 Å². The number of benzene rings is 1. The molecule has 1 saturated carbocycles. The van der Waals surface area contributed by atoms with Gasteiger partial charge in [0.25, 0.3) is 5.91 Å². The van der Waals surface area contributed by atoms with Crippen LogP contribution in [-0.2, 0) is 4.79 Å². The maximum Gasteiger partial charge on any atom is 0.325 e. The molecule has 0 bridgehead atoms. The van der Waals surface area contributed by atoms with Crippen LogP contribution in [0.15, 0.2) is 42.6 Å². The van der Waals surface area contributed by atoms with Crippen molar-refractivity contribution in [2.24, 2.45) is 0 Å². The standard InChI is InChI=1S/C21H20ClN3O4/c22-15-6-2-3-7-17(15)29-18-9-8-14(12-23-18)16(26)13-25-19(27)21(24-20(25)28)10-4-1-5-11-21/h2-3,6-9,12H,1,4-5,10-11,13H2,(H,24,28). The van der Waals surface area contributed by atoms with E-state index in [-0.39, 0.29) is 24.1 Å². The fourth-order valence-electron chi connectivity index (χ4n) is 3.79. The third kappa shape index (κ3) is 3.82. The van der Waals surface area contributed by atoms with Gasteiger partial charge in [-0.15, -0.1) is 0 Å². The monoisotopic (exact) mass is 413 g/mol. The molecular formula is C21H20ClN3O4. The van der Waals surface area contributed by atoms with Gasteiger partial charge in [-0.05, 0) is 31.0 Å². The number of amides is 3.